The van der Waals surface area contributed by atoms with Crippen molar-refractivity contribution in [1.29, 1.82) is 0 Å². The molecular formula is C9H18F2O. The first-order chi connectivity index (χ1) is 5.15. The van der Waals surface area contributed by atoms with Crippen molar-refractivity contribution in [3.63, 3.8) is 0 Å². The van der Waals surface area contributed by atoms with E-state index in [0.29, 0.717) is 6.42 Å². The molecule has 0 saturated carbocycles. The average Bonchev–Trinajstić information content (AvgIpc) is 1.82. The van der Waals surface area contributed by atoms with Crippen LogP contribution in [0.1, 0.15) is 40.5 Å². The molecule has 74 valence electrons. The smallest absolute Gasteiger partial charge is 0.266 e. The zero-order valence-electron chi connectivity index (χ0n) is 8.19. The monoisotopic (exact) mass is 180 g/mol. The summed E-state index contributed by atoms with van der Waals surface area (Å²) in [5, 5.41) is 9.21. The molecule has 0 aromatic heterocycles. The molecule has 3 heteroatoms. The standard InChI is InChI=1S/C9H18F2O/c1-8(2,3)5-6-9(4,12)7(10)11/h7,12H,5-6H2,1-4H3. The molecule has 0 aromatic rings. The molecule has 0 radical (unpaired) electrons. The summed E-state index contributed by atoms with van der Waals surface area (Å²) in [6.45, 7) is 7.08. The lowest BCUT2D eigenvalue weighted by atomic mass is 9.85. The fourth-order valence-corrected chi connectivity index (χ4v) is 0.737. The Kier molecular flexibility index (Phi) is 3.63. The van der Waals surface area contributed by atoms with Gasteiger partial charge in [0, 0.05) is 0 Å². The summed E-state index contributed by atoms with van der Waals surface area (Å²) in [5.74, 6) is 0. The van der Waals surface area contributed by atoms with Crippen LogP contribution >= 0.6 is 0 Å². The van der Waals surface area contributed by atoms with Gasteiger partial charge in [0.2, 0.25) is 0 Å². The summed E-state index contributed by atoms with van der Waals surface area (Å²) in [7, 11) is 0. The van der Waals surface area contributed by atoms with Gasteiger partial charge in [-0.1, -0.05) is 20.8 Å². The van der Waals surface area contributed by atoms with Gasteiger partial charge < -0.3 is 5.11 Å². The second-order valence-corrected chi connectivity index (χ2v) is 4.72. The topological polar surface area (TPSA) is 20.2 Å². The van der Waals surface area contributed by atoms with E-state index >= 15 is 0 Å². The lowest BCUT2D eigenvalue weighted by Gasteiger charge is -2.26. The molecule has 1 nitrogen and oxygen atoms in total. The largest absolute Gasteiger partial charge is 0.384 e. The minimum Gasteiger partial charge on any atom is -0.384 e. The molecule has 0 heterocycles. The first-order valence-electron chi connectivity index (χ1n) is 4.16. The Morgan fingerprint density at radius 1 is 1.08 bits per heavy atom. The minimum absolute atomic E-state index is 0.00111. The van der Waals surface area contributed by atoms with Crippen LogP contribution < -0.4 is 0 Å². The molecule has 0 aliphatic heterocycles. The second-order valence-electron chi connectivity index (χ2n) is 4.72. The van der Waals surface area contributed by atoms with Gasteiger partial charge in [-0.15, -0.1) is 0 Å². The van der Waals surface area contributed by atoms with Crippen LogP contribution in [0, 0.1) is 5.41 Å². The molecule has 0 spiro atoms. The van der Waals surface area contributed by atoms with Crippen molar-refractivity contribution in [3.05, 3.63) is 0 Å². The summed E-state index contributed by atoms with van der Waals surface area (Å²) in [6, 6.07) is 0. The van der Waals surface area contributed by atoms with Crippen molar-refractivity contribution in [3.8, 4) is 0 Å². The molecule has 0 fully saturated rings. The Balaban J connectivity index is 3.93. The van der Waals surface area contributed by atoms with E-state index in [4.69, 9.17) is 0 Å². The van der Waals surface area contributed by atoms with Crippen LogP contribution in [-0.2, 0) is 0 Å². The fraction of sp³-hybridized carbons (Fsp3) is 1.00. The van der Waals surface area contributed by atoms with Gasteiger partial charge in [0.25, 0.3) is 6.43 Å². The minimum atomic E-state index is -2.65. The van der Waals surface area contributed by atoms with E-state index in [-0.39, 0.29) is 11.8 Å². The second kappa shape index (κ2) is 3.69. The number of hydrogen-bond acceptors (Lipinski definition) is 1. The van der Waals surface area contributed by atoms with Crippen LogP contribution in [0.2, 0.25) is 0 Å². The van der Waals surface area contributed by atoms with E-state index in [1.165, 1.54) is 6.92 Å². The van der Waals surface area contributed by atoms with Crippen LogP contribution in [0.15, 0.2) is 0 Å². The van der Waals surface area contributed by atoms with E-state index in [1.54, 1.807) is 0 Å². The normalized spacial score (nSPS) is 18.0. The first-order valence-corrected chi connectivity index (χ1v) is 4.16. The van der Waals surface area contributed by atoms with Gasteiger partial charge in [0.1, 0.15) is 5.60 Å². The molecule has 0 aliphatic carbocycles. The van der Waals surface area contributed by atoms with Crippen molar-refractivity contribution < 1.29 is 13.9 Å². The Morgan fingerprint density at radius 2 is 1.50 bits per heavy atom. The summed E-state index contributed by atoms with van der Waals surface area (Å²) in [4.78, 5) is 0. The van der Waals surface area contributed by atoms with Crippen LogP contribution in [-0.4, -0.2) is 17.1 Å². The van der Waals surface area contributed by atoms with E-state index in [1.807, 2.05) is 20.8 Å². The number of aliphatic hydroxyl groups is 1. The third kappa shape index (κ3) is 4.65. The summed E-state index contributed by atoms with van der Waals surface area (Å²) in [5.41, 5.74) is -1.83. The quantitative estimate of drug-likeness (QED) is 0.708. The third-order valence-electron chi connectivity index (χ3n) is 1.85. The van der Waals surface area contributed by atoms with Crippen molar-refractivity contribution in [1.82, 2.24) is 0 Å². The average molecular weight is 180 g/mol. The number of rotatable bonds is 3. The van der Waals surface area contributed by atoms with Crippen molar-refractivity contribution in [2.75, 3.05) is 0 Å². The highest BCUT2D eigenvalue weighted by atomic mass is 19.3. The molecule has 0 aromatic carbocycles. The Hall–Kier alpha value is -0.180. The molecule has 0 aliphatic rings. The third-order valence-corrected chi connectivity index (χ3v) is 1.85. The highest BCUT2D eigenvalue weighted by Gasteiger charge is 2.32. The molecule has 1 N–H and O–H groups in total. The molecular weight excluding hydrogens is 162 g/mol. The maximum atomic E-state index is 12.1. The molecule has 12 heavy (non-hydrogen) atoms. The maximum absolute atomic E-state index is 12.1. The van der Waals surface area contributed by atoms with Crippen LogP contribution in [0.25, 0.3) is 0 Å². The predicted octanol–water partition coefficient (Wildman–Crippen LogP) is 2.83. The van der Waals surface area contributed by atoms with E-state index in [9.17, 15) is 13.9 Å². The lowest BCUT2D eigenvalue weighted by molar-refractivity contribution is -0.0922. The Bertz CT molecular complexity index is 136. The van der Waals surface area contributed by atoms with Crippen molar-refractivity contribution in [2.24, 2.45) is 5.41 Å². The number of hydrogen-bond donors (Lipinski definition) is 1. The molecule has 0 bridgehead atoms. The molecule has 0 saturated heterocycles. The predicted molar refractivity (Wildman–Crippen MR) is 45.3 cm³/mol. The molecule has 0 amide bonds. The van der Waals surface area contributed by atoms with Gasteiger partial charge in [-0.25, -0.2) is 8.78 Å². The van der Waals surface area contributed by atoms with E-state index in [2.05, 4.69) is 0 Å². The van der Waals surface area contributed by atoms with Crippen LogP contribution in [0.4, 0.5) is 8.78 Å². The summed E-state index contributed by atoms with van der Waals surface area (Å²) < 4.78 is 24.3. The highest BCUT2D eigenvalue weighted by Crippen LogP contribution is 2.28. The van der Waals surface area contributed by atoms with Gasteiger partial charge in [0.05, 0.1) is 0 Å². The summed E-state index contributed by atoms with van der Waals surface area (Å²) in [6.07, 6.45) is -1.90. The number of halogens is 2. The number of alkyl halides is 2. The zero-order valence-corrected chi connectivity index (χ0v) is 8.19. The van der Waals surface area contributed by atoms with E-state index < -0.39 is 12.0 Å². The lowest BCUT2D eigenvalue weighted by Crippen LogP contribution is -2.34. The van der Waals surface area contributed by atoms with Gasteiger partial charge in [-0.05, 0) is 25.2 Å². The Morgan fingerprint density at radius 3 is 1.75 bits per heavy atom. The Labute approximate surface area is 72.8 Å². The van der Waals surface area contributed by atoms with Crippen molar-refractivity contribution in [2.45, 2.75) is 52.6 Å². The van der Waals surface area contributed by atoms with Gasteiger partial charge in [0.15, 0.2) is 0 Å². The summed E-state index contributed by atoms with van der Waals surface area (Å²) >= 11 is 0. The first kappa shape index (κ1) is 11.8. The highest BCUT2D eigenvalue weighted by molar-refractivity contribution is 4.78. The van der Waals surface area contributed by atoms with Gasteiger partial charge >= 0.3 is 0 Å². The molecule has 1 unspecified atom stereocenters. The van der Waals surface area contributed by atoms with Gasteiger partial charge in [-0.2, -0.15) is 0 Å². The van der Waals surface area contributed by atoms with Gasteiger partial charge in [-0.3, -0.25) is 0 Å². The van der Waals surface area contributed by atoms with Crippen LogP contribution in [0.5, 0.6) is 0 Å². The van der Waals surface area contributed by atoms with E-state index in [0.717, 1.165) is 0 Å². The molecule has 1 atom stereocenters. The molecule has 0 rings (SSSR count). The van der Waals surface area contributed by atoms with Crippen molar-refractivity contribution >= 4 is 0 Å². The van der Waals surface area contributed by atoms with Crippen LogP contribution in [0.3, 0.4) is 0 Å². The fourth-order valence-electron chi connectivity index (χ4n) is 0.737. The SMILES string of the molecule is CC(C)(C)CCC(C)(O)C(F)F. The zero-order chi connectivity index (χ0) is 9.99. The maximum Gasteiger partial charge on any atom is 0.266 e.